The van der Waals surface area contributed by atoms with Gasteiger partial charge in [0.05, 0.1) is 10.0 Å². The van der Waals surface area contributed by atoms with E-state index < -0.39 is 33.3 Å². The normalized spacial score (nSPS) is 11.3. The molecule has 1 N–H and O–H groups in total. The van der Waals surface area contributed by atoms with E-state index in [1.165, 1.54) is 18.2 Å². The van der Waals surface area contributed by atoms with Gasteiger partial charge in [-0.15, -0.1) is 0 Å². The molecule has 2 rings (SSSR count). The Labute approximate surface area is 148 Å². The van der Waals surface area contributed by atoms with Gasteiger partial charge in [0.1, 0.15) is 23.9 Å². The Kier molecular flexibility index (Phi) is 6.17. The number of esters is 1. The Morgan fingerprint density at radius 3 is 2.50 bits per heavy atom. The first kappa shape index (κ1) is 18.7. The summed E-state index contributed by atoms with van der Waals surface area (Å²) >= 11 is 11.6. The van der Waals surface area contributed by atoms with Crippen molar-refractivity contribution in [2.75, 3.05) is 6.54 Å². The highest BCUT2D eigenvalue weighted by Crippen LogP contribution is 2.22. The number of ether oxygens (including phenoxy) is 1. The lowest BCUT2D eigenvalue weighted by atomic mass is 10.2. The molecule has 0 aliphatic heterocycles. The summed E-state index contributed by atoms with van der Waals surface area (Å²) in [4.78, 5) is 11.1. The van der Waals surface area contributed by atoms with Crippen molar-refractivity contribution in [1.29, 1.82) is 0 Å². The van der Waals surface area contributed by atoms with E-state index in [0.717, 1.165) is 12.1 Å². The quantitative estimate of drug-likeness (QED) is 0.767. The van der Waals surface area contributed by atoms with Gasteiger partial charge in [-0.3, -0.25) is 4.79 Å². The van der Waals surface area contributed by atoms with Crippen molar-refractivity contribution in [2.24, 2.45) is 0 Å². The Balaban J connectivity index is 1.91. The van der Waals surface area contributed by atoms with Gasteiger partial charge in [-0.2, -0.15) is 4.72 Å². The molecule has 0 unspecified atom stereocenters. The average Bonchev–Trinajstić information content (AvgIpc) is 2.54. The molecule has 2 aromatic carbocycles. The minimum atomic E-state index is -4.15. The van der Waals surface area contributed by atoms with Gasteiger partial charge < -0.3 is 4.74 Å². The molecule has 0 aromatic heterocycles. The van der Waals surface area contributed by atoms with Crippen molar-refractivity contribution < 1.29 is 22.3 Å². The molecular formula is C15H12Cl2FNO4S. The Morgan fingerprint density at radius 1 is 1.12 bits per heavy atom. The van der Waals surface area contributed by atoms with Gasteiger partial charge in [0.25, 0.3) is 0 Å². The largest absolute Gasteiger partial charge is 0.460 e. The molecule has 0 aliphatic carbocycles. The van der Waals surface area contributed by atoms with Crippen molar-refractivity contribution in [3.8, 4) is 0 Å². The lowest BCUT2D eigenvalue weighted by Gasteiger charge is -2.08. The summed E-state index contributed by atoms with van der Waals surface area (Å²) in [5.41, 5.74) is 0.592. The molecule has 0 fully saturated rings. The molecule has 0 saturated carbocycles. The van der Waals surface area contributed by atoms with Crippen LogP contribution in [0.25, 0.3) is 0 Å². The van der Waals surface area contributed by atoms with Crippen molar-refractivity contribution in [1.82, 2.24) is 4.72 Å². The molecule has 128 valence electrons. The van der Waals surface area contributed by atoms with E-state index in [9.17, 15) is 17.6 Å². The third-order valence-electron chi connectivity index (χ3n) is 2.92. The molecule has 24 heavy (non-hydrogen) atoms. The van der Waals surface area contributed by atoms with Crippen molar-refractivity contribution in [3.05, 3.63) is 63.9 Å². The van der Waals surface area contributed by atoms with Gasteiger partial charge in [0.15, 0.2) is 0 Å². The highest BCUT2D eigenvalue weighted by molar-refractivity contribution is 7.89. The van der Waals surface area contributed by atoms with E-state index in [4.69, 9.17) is 27.9 Å². The molecule has 0 amide bonds. The first-order chi connectivity index (χ1) is 11.3. The highest BCUT2D eigenvalue weighted by atomic mass is 35.5. The fourth-order valence-electron chi connectivity index (χ4n) is 1.74. The van der Waals surface area contributed by atoms with Gasteiger partial charge in [0, 0.05) is 0 Å². The van der Waals surface area contributed by atoms with Crippen LogP contribution in [0.3, 0.4) is 0 Å². The van der Waals surface area contributed by atoms with Crippen LogP contribution in [0.15, 0.2) is 47.4 Å². The first-order valence-corrected chi connectivity index (χ1v) is 8.87. The highest BCUT2D eigenvalue weighted by Gasteiger charge is 2.19. The fourth-order valence-corrected chi connectivity index (χ4v) is 3.11. The van der Waals surface area contributed by atoms with Crippen LogP contribution in [-0.4, -0.2) is 20.9 Å². The van der Waals surface area contributed by atoms with Crippen molar-refractivity contribution in [3.63, 3.8) is 0 Å². The van der Waals surface area contributed by atoms with E-state index in [1.54, 1.807) is 12.1 Å². The third kappa shape index (κ3) is 4.91. The van der Waals surface area contributed by atoms with Crippen LogP contribution >= 0.6 is 23.2 Å². The summed E-state index contributed by atoms with van der Waals surface area (Å²) in [7, 11) is -4.15. The lowest BCUT2D eigenvalue weighted by Crippen LogP contribution is -2.31. The molecular weight excluding hydrogens is 380 g/mol. The van der Waals surface area contributed by atoms with Crippen molar-refractivity contribution in [2.45, 2.75) is 11.5 Å². The summed E-state index contributed by atoms with van der Waals surface area (Å²) in [6.45, 7) is -0.727. The van der Waals surface area contributed by atoms with E-state index in [0.29, 0.717) is 15.6 Å². The van der Waals surface area contributed by atoms with Gasteiger partial charge in [-0.05, 0) is 29.8 Å². The Hall–Kier alpha value is -1.67. The second kappa shape index (κ2) is 7.94. The second-order valence-electron chi connectivity index (χ2n) is 4.66. The predicted octanol–water partition coefficient (Wildman–Crippen LogP) is 3.15. The zero-order valence-electron chi connectivity index (χ0n) is 12.1. The van der Waals surface area contributed by atoms with Crippen molar-refractivity contribution >= 4 is 39.2 Å². The molecule has 0 spiro atoms. The molecule has 9 heteroatoms. The summed E-state index contributed by atoms with van der Waals surface area (Å²) < 4.78 is 44.2. The summed E-state index contributed by atoms with van der Waals surface area (Å²) in [6.07, 6.45) is 0. The average molecular weight is 392 g/mol. The zero-order valence-corrected chi connectivity index (χ0v) is 14.5. The predicted molar refractivity (Wildman–Crippen MR) is 87.8 cm³/mol. The maximum Gasteiger partial charge on any atom is 0.321 e. The standard InChI is InChI=1S/C15H12Cl2FNO4S/c16-11-6-5-10(7-12(11)17)9-23-15(20)8-19-24(21,22)14-4-2-1-3-13(14)18/h1-7,19H,8-9H2. The maximum absolute atomic E-state index is 13.5. The van der Waals surface area contributed by atoms with Gasteiger partial charge in [-0.1, -0.05) is 41.4 Å². The molecule has 5 nitrogen and oxygen atoms in total. The van der Waals surface area contributed by atoms with Gasteiger partial charge in [0.2, 0.25) is 10.0 Å². The van der Waals surface area contributed by atoms with E-state index in [1.807, 2.05) is 4.72 Å². The van der Waals surface area contributed by atoms with Crippen LogP contribution in [-0.2, 0) is 26.2 Å². The van der Waals surface area contributed by atoms with E-state index in [2.05, 4.69) is 0 Å². The van der Waals surface area contributed by atoms with Gasteiger partial charge in [-0.25, -0.2) is 12.8 Å². The fraction of sp³-hybridized carbons (Fsp3) is 0.133. The molecule has 0 heterocycles. The SMILES string of the molecule is O=C(CNS(=O)(=O)c1ccccc1F)OCc1ccc(Cl)c(Cl)c1. The van der Waals surface area contributed by atoms with Crippen LogP contribution in [0.4, 0.5) is 4.39 Å². The minimum absolute atomic E-state index is 0.100. The number of benzene rings is 2. The van der Waals surface area contributed by atoms with E-state index in [-0.39, 0.29) is 6.61 Å². The van der Waals surface area contributed by atoms with Crippen LogP contribution in [0, 0.1) is 5.82 Å². The second-order valence-corrected chi connectivity index (χ2v) is 7.21. The zero-order chi connectivity index (χ0) is 17.7. The number of halogens is 3. The topological polar surface area (TPSA) is 72.5 Å². The van der Waals surface area contributed by atoms with E-state index >= 15 is 0 Å². The third-order valence-corrected chi connectivity index (χ3v) is 5.09. The van der Waals surface area contributed by atoms with Gasteiger partial charge >= 0.3 is 5.97 Å². The number of hydrogen-bond acceptors (Lipinski definition) is 4. The molecule has 0 saturated heterocycles. The number of carbonyl (C=O) groups is 1. The number of nitrogens with one attached hydrogen (secondary N) is 1. The molecule has 0 atom stereocenters. The van der Waals surface area contributed by atoms with Crippen LogP contribution in [0.2, 0.25) is 10.0 Å². The first-order valence-electron chi connectivity index (χ1n) is 6.63. The number of carbonyl (C=O) groups excluding carboxylic acids is 1. The van der Waals surface area contributed by atoms with Crippen LogP contribution in [0.5, 0.6) is 0 Å². The number of rotatable bonds is 6. The molecule has 0 radical (unpaired) electrons. The summed E-state index contributed by atoms with van der Waals surface area (Å²) in [5.74, 6) is -1.73. The Bertz CT molecular complexity index is 858. The molecule has 2 aromatic rings. The number of sulfonamides is 1. The minimum Gasteiger partial charge on any atom is -0.460 e. The molecule has 0 aliphatic rings. The summed E-state index contributed by atoms with van der Waals surface area (Å²) in [6, 6.07) is 9.54. The monoisotopic (exact) mass is 391 g/mol. The maximum atomic E-state index is 13.5. The number of hydrogen-bond donors (Lipinski definition) is 1. The Morgan fingerprint density at radius 2 is 1.83 bits per heavy atom. The van der Waals surface area contributed by atoms with Crippen LogP contribution < -0.4 is 4.72 Å². The van der Waals surface area contributed by atoms with Crippen LogP contribution in [0.1, 0.15) is 5.56 Å². The summed E-state index contributed by atoms with van der Waals surface area (Å²) in [5, 5.41) is 0.676. The lowest BCUT2D eigenvalue weighted by molar-refractivity contribution is -0.143. The molecule has 0 bridgehead atoms. The smallest absolute Gasteiger partial charge is 0.321 e.